The van der Waals surface area contributed by atoms with E-state index in [4.69, 9.17) is 4.74 Å². The zero-order valence-corrected chi connectivity index (χ0v) is 23.3. The Labute approximate surface area is 237 Å². The summed E-state index contributed by atoms with van der Waals surface area (Å²) in [4.78, 5) is 28.4. The normalized spacial score (nSPS) is 29.8. The van der Waals surface area contributed by atoms with E-state index in [2.05, 4.69) is 58.1 Å². The molecule has 2 aromatic carbocycles. The molecule has 2 aliphatic heterocycles. The van der Waals surface area contributed by atoms with Gasteiger partial charge in [0, 0.05) is 36.7 Å². The molecule has 0 aromatic heterocycles. The fraction of sp³-hybridized carbons (Fsp3) is 0.562. The molecule has 4 aliphatic rings. The van der Waals surface area contributed by atoms with Crippen molar-refractivity contribution >= 4 is 17.5 Å². The number of hydrogen-bond acceptors (Lipinski definition) is 6. The van der Waals surface area contributed by atoms with Crippen LogP contribution in [0, 0.1) is 17.8 Å². The minimum Gasteiger partial charge on any atom is -0.377 e. The SMILES string of the molecule is O=C1NNC(c2ccc(N(CCCOCc3ccccc3)C(=O)C3NNC4CCCCC43)cc2)C2CCCCC12. The number of nitrogens with one attached hydrogen (secondary N) is 4. The molecule has 4 fully saturated rings. The lowest BCUT2D eigenvalue weighted by atomic mass is 9.72. The van der Waals surface area contributed by atoms with Gasteiger partial charge in [-0.1, -0.05) is 68.1 Å². The molecule has 2 aliphatic carbocycles. The van der Waals surface area contributed by atoms with E-state index < -0.39 is 0 Å². The maximum atomic E-state index is 14.0. The molecule has 6 unspecified atom stereocenters. The van der Waals surface area contributed by atoms with Crippen molar-refractivity contribution in [2.75, 3.05) is 18.1 Å². The van der Waals surface area contributed by atoms with Gasteiger partial charge >= 0.3 is 0 Å². The maximum Gasteiger partial charge on any atom is 0.245 e. The molecular formula is C32H43N5O3. The lowest BCUT2D eigenvalue weighted by Gasteiger charge is -2.41. The number of anilines is 1. The number of benzene rings is 2. The fourth-order valence-electron chi connectivity index (χ4n) is 7.33. The van der Waals surface area contributed by atoms with Gasteiger partial charge in [-0.3, -0.25) is 20.4 Å². The molecule has 214 valence electrons. The number of carbonyl (C=O) groups excluding carboxylic acids is 2. The third-order valence-corrected chi connectivity index (χ3v) is 9.48. The highest BCUT2D eigenvalue weighted by atomic mass is 16.5. The van der Waals surface area contributed by atoms with Gasteiger partial charge in [0.25, 0.3) is 0 Å². The van der Waals surface area contributed by atoms with Gasteiger partial charge in [-0.2, -0.15) is 0 Å². The summed E-state index contributed by atoms with van der Waals surface area (Å²) in [6, 6.07) is 18.9. The van der Waals surface area contributed by atoms with E-state index in [1.54, 1.807) is 0 Å². The molecular weight excluding hydrogens is 502 g/mol. The minimum atomic E-state index is -0.214. The molecule has 8 nitrogen and oxygen atoms in total. The molecule has 2 saturated carbocycles. The van der Waals surface area contributed by atoms with E-state index in [0.717, 1.165) is 55.3 Å². The molecule has 0 radical (unpaired) electrons. The van der Waals surface area contributed by atoms with Crippen molar-refractivity contribution in [3.63, 3.8) is 0 Å². The quantitative estimate of drug-likeness (QED) is 0.354. The van der Waals surface area contributed by atoms with Gasteiger partial charge in [0.15, 0.2) is 0 Å². The first kappa shape index (κ1) is 27.4. The summed E-state index contributed by atoms with van der Waals surface area (Å²) in [6.45, 7) is 1.77. The van der Waals surface area contributed by atoms with Crippen LogP contribution in [0.15, 0.2) is 54.6 Å². The molecule has 2 saturated heterocycles. The summed E-state index contributed by atoms with van der Waals surface area (Å²) in [7, 11) is 0. The van der Waals surface area contributed by atoms with Crippen LogP contribution in [-0.2, 0) is 20.9 Å². The molecule has 6 atom stereocenters. The molecule has 2 aromatic rings. The Hall–Kier alpha value is -2.78. The average Bonchev–Trinajstić information content (AvgIpc) is 3.44. The highest BCUT2D eigenvalue weighted by Crippen LogP contribution is 2.41. The van der Waals surface area contributed by atoms with Crippen LogP contribution in [0.5, 0.6) is 0 Å². The van der Waals surface area contributed by atoms with E-state index in [9.17, 15) is 9.59 Å². The van der Waals surface area contributed by atoms with Gasteiger partial charge < -0.3 is 9.64 Å². The van der Waals surface area contributed by atoms with Crippen LogP contribution < -0.4 is 26.6 Å². The van der Waals surface area contributed by atoms with Gasteiger partial charge in [0.05, 0.1) is 12.6 Å². The highest BCUT2D eigenvalue weighted by Gasteiger charge is 2.43. The van der Waals surface area contributed by atoms with Crippen molar-refractivity contribution in [3.05, 3.63) is 65.7 Å². The monoisotopic (exact) mass is 545 g/mol. The predicted octanol–water partition coefficient (Wildman–Crippen LogP) is 4.14. The van der Waals surface area contributed by atoms with Gasteiger partial charge in [0.1, 0.15) is 6.04 Å². The number of nitrogens with zero attached hydrogens (tertiary/aromatic N) is 1. The number of carbonyl (C=O) groups is 2. The summed E-state index contributed by atoms with van der Waals surface area (Å²) in [5.74, 6) is 0.981. The van der Waals surface area contributed by atoms with Gasteiger partial charge in [-0.05, 0) is 61.3 Å². The Bertz CT molecular complexity index is 1140. The largest absolute Gasteiger partial charge is 0.377 e. The summed E-state index contributed by atoms with van der Waals surface area (Å²) in [6.07, 6.45) is 9.69. The lowest BCUT2D eigenvalue weighted by Crippen LogP contribution is -2.55. The summed E-state index contributed by atoms with van der Waals surface area (Å²) in [5.41, 5.74) is 16.2. The first-order valence-electron chi connectivity index (χ1n) is 15.3. The molecule has 6 rings (SSSR count). The van der Waals surface area contributed by atoms with Crippen molar-refractivity contribution in [1.29, 1.82) is 0 Å². The number of amides is 2. The zero-order valence-electron chi connectivity index (χ0n) is 23.3. The van der Waals surface area contributed by atoms with E-state index in [0.29, 0.717) is 37.6 Å². The van der Waals surface area contributed by atoms with E-state index in [-0.39, 0.29) is 29.8 Å². The Morgan fingerprint density at radius 3 is 2.42 bits per heavy atom. The van der Waals surface area contributed by atoms with Crippen molar-refractivity contribution in [2.45, 2.75) is 82.5 Å². The molecule has 2 heterocycles. The van der Waals surface area contributed by atoms with E-state index in [1.807, 2.05) is 23.1 Å². The van der Waals surface area contributed by atoms with E-state index in [1.165, 1.54) is 19.3 Å². The Kier molecular flexibility index (Phi) is 8.77. The van der Waals surface area contributed by atoms with Crippen LogP contribution in [0.25, 0.3) is 0 Å². The smallest absolute Gasteiger partial charge is 0.245 e. The first-order chi connectivity index (χ1) is 19.7. The Balaban J connectivity index is 1.15. The van der Waals surface area contributed by atoms with E-state index >= 15 is 0 Å². The molecule has 40 heavy (non-hydrogen) atoms. The third kappa shape index (κ3) is 5.96. The van der Waals surface area contributed by atoms with Crippen LogP contribution in [0.1, 0.15) is 75.0 Å². The van der Waals surface area contributed by atoms with Crippen LogP contribution in [-0.4, -0.2) is 37.0 Å². The van der Waals surface area contributed by atoms with Gasteiger partial charge in [-0.25, -0.2) is 10.9 Å². The average molecular weight is 546 g/mol. The summed E-state index contributed by atoms with van der Waals surface area (Å²) < 4.78 is 5.95. The fourth-order valence-corrected chi connectivity index (χ4v) is 7.33. The summed E-state index contributed by atoms with van der Waals surface area (Å²) >= 11 is 0. The second kappa shape index (κ2) is 12.8. The molecule has 0 bridgehead atoms. The number of rotatable bonds is 9. The number of fused-ring (bicyclic) bond motifs is 2. The highest BCUT2D eigenvalue weighted by molar-refractivity contribution is 5.97. The second-order valence-corrected chi connectivity index (χ2v) is 12.0. The first-order valence-corrected chi connectivity index (χ1v) is 15.3. The zero-order chi connectivity index (χ0) is 27.3. The van der Waals surface area contributed by atoms with Crippen molar-refractivity contribution in [2.24, 2.45) is 17.8 Å². The minimum absolute atomic E-state index is 0.0815. The molecule has 8 heteroatoms. The maximum absolute atomic E-state index is 14.0. The Morgan fingerprint density at radius 2 is 1.60 bits per heavy atom. The lowest BCUT2D eigenvalue weighted by molar-refractivity contribution is -0.133. The molecule has 0 spiro atoms. The standard InChI is InChI=1S/C32H43N5O3/c38-31-26-12-5-4-11-25(26)29(34-36-31)23-15-17-24(18-16-23)37(19-8-20-40-21-22-9-2-1-3-10-22)32(39)30-27-13-6-7-14-28(27)33-35-30/h1-3,9-10,15-18,25-30,33-35H,4-8,11-14,19-21H2,(H,36,38). The topological polar surface area (TPSA) is 94.7 Å². The van der Waals surface area contributed by atoms with Gasteiger partial charge in [0.2, 0.25) is 11.8 Å². The third-order valence-electron chi connectivity index (χ3n) is 9.48. The summed E-state index contributed by atoms with van der Waals surface area (Å²) in [5, 5.41) is 0. The van der Waals surface area contributed by atoms with Crippen LogP contribution in [0.2, 0.25) is 0 Å². The van der Waals surface area contributed by atoms with Crippen molar-refractivity contribution in [3.8, 4) is 0 Å². The Morgan fingerprint density at radius 1 is 0.850 bits per heavy atom. The molecule has 4 N–H and O–H groups in total. The predicted molar refractivity (Wildman–Crippen MR) is 155 cm³/mol. The number of hydrazine groups is 2. The molecule has 2 amide bonds. The second-order valence-electron chi connectivity index (χ2n) is 12.0. The van der Waals surface area contributed by atoms with Gasteiger partial charge in [-0.15, -0.1) is 0 Å². The van der Waals surface area contributed by atoms with Crippen LogP contribution in [0.3, 0.4) is 0 Å². The van der Waals surface area contributed by atoms with Crippen LogP contribution >= 0.6 is 0 Å². The number of ether oxygens (including phenoxy) is 1. The van der Waals surface area contributed by atoms with Crippen LogP contribution in [0.4, 0.5) is 5.69 Å². The van der Waals surface area contributed by atoms with Crippen molar-refractivity contribution in [1.82, 2.24) is 21.7 Å². The van der Waals surface area contributed by atoms with Crippen molar-refractivity contribution < 1.29 is 14.3 Å². The number of hydrogen-bond donors (Lipinski definition) is 4.